The summed E-state index contributed by atoms with van der Waals surface area (Å²) in [5.74, 6) is 0.881. The molecule has 1 aliphatic carbocycles. The van der Waals surface area contributed by atoms with Crippen LogP contribution in [-0.2, 0) is 4.74 Å². The summed E-state index contributed by atoms with van der Waals surface area (Å²) in [6, 6.07) is 0.257. The van der Waals surface area contributed by atoms with Gasteiger partial charge in [-0.15, -0.1) is 0 Å². The molecule has 14 heavy (non-hydrogen) atoms. The molecule has 2 rings (SSSR count). The van der Waals surface area contributed by atoms with Gasteiger partial charge in [0.25, 0.3) is 0 Å². The van der Waals surface area contributed by atoms with Gasteiger partial charge in [-0.1, -0.05) is 25.7 Å². The first kappa shape index (κ1) is 10.4. The normalized spacial score (nSPS) is 36.4. The molecule has 2 atom stereocenters. The van der Waals surface area contributed by atoms with Gasteiger partial charge in [0.1, 0.15) is 0 Å². The lowest BCUT2D eigenvalue weighted by molar-refractivity contribution is -0.00682. The van der Waals surface area contributed by atoms with Crippen LogP contribution in [0, 0.1) is 5.92 Å². The van der Waals surface area contributed by atoms with Crippen LogP contribution in [0.3, 0.4) is 0 Å². The third-order valence-corrected chi connectivity index (χ3v) is 4.10. The molecule has 2 heteroatoms. The second-order valence-corrected chi connectivity index (χ2v) is 5.26. The van der Waals surface area contributed by atoms with Crippen molar-refractivity contribution in [3.8, 4) is 0 Å². The van der Waals surface area contributed by atoms with Crippen molar-refractivity contribution in [2.75, 3.05) is 6.61 Å². The average molecular weight is 197 g/mol. The summed E-state index contributed by atoms with van der Waals surface area (Å²) in [6.07, 6.45) is 9.13. The molecule has 1 saturated heterocycles. The maximum atomic E-state index is 6.27. The fourth-order valence-corrected chi connectivity index (χ4v) is 2.95. The van der Waals surface area contributed by atoms with E-state index in [2.05, 4.69) is 6.92 Å². The Kier molecular flexibility index (Phi) is 3.13. The molecule has 0 aromatic carbocycles. The number of rotatable bonds is 3. The monoisotopic (exact) mass is 197 g/mol. The first-order chi connectivity index (χ1) is 6.71. The summed E-state index contributed by atoms with van der Waals surface area (Å²) in [5.41, 5.74) is 6.26. The molecule has 0 bridgehead atoms. The Morgan fingerprint density at radius 1 is 1.36 bits per heavy atom. The molecular weight excluding hydrogens is 174 g/mol. The predicted octanol–water partition coefficient (Wildman–Crippen LogP) is 2.46. The van der Waals surface area contributed by atoms with Crippen LogP contribution in [0.1, 0.15) is 51.9 Å². The van der Waals surface area contributed by atoms with Gasteiger partial charge in [-0.2, -0.15) is 0 Å². The highest BCUT2D eigenvalue weighted by Crippen LogP contribution is 2.34. The van der Waals surface area contributed by atoms with Gasteiger partial charge in [0.2, 0.25) is 0 Å². The Morgan fingerprint density at radius 2 is 2.07 bits per heavy atom. The Hall–Kier alpha value is -0.0800. The minimum atomic E-state index is -0.0113. The van der Waals surface area contributed by atoms with Crippen LogP contribution in [0.5, 0.6) is 0 Å². The molecular formula is C12H23NO. The minimum absolute atomic E-state index is 0.0113. The SMILES string of the molecule is CC1(C(N)CC2CCCC2)CCCO1. The number of ether oxygens (including phenoxy) is 1. The molecule has 2 unspecified atom stereocenters. The van der Waals surface area contributed by atoms with E-state index in [0.717, 1.165) is 18.9 Å². The van der Waals surface area contributed by atoms with E-state index >= 15 is 0 Å². The molecule has 1 aliphatic heterocycles. The van der Waals surface area contributed by atoms with Gasteiger partial charge in [0.15, 0.2) is 0 Å². The topological polar surface area (TPSA) is 35.2 Å². The maximum absolute atomic E-state index is 6.27. The first-order valence-corrected chi connectivity index (χ1v) is 6.10. The maximum Gasteiger partial charge on any atom is 0.0805 e. The van der Waals surface area contributed by atoms with Crippen LogP contribution in [-0.4, -0.2) is 18.2 Å². The fraction of sp³-hybridized carbons (Fsp3) is 1.00. The number of nitrogens with two attached hydrogens (primary N) is 1. The lowest BCUT2D eigenvalue weighted by atomic mass is 9.86. The van der Waals surface area contributed by atoms with Crippen LogP contribution in [0.15, 0.2) is 0 Å². The van der Waals surface area contributed by atoms with Gasteiger partial charge < -0.3 is 10.5 Å². The van der Waals surface area contributed by atoms with Gasteiger partial charge in [0, 0.05) is 12.6 Å². The molecule has 0 spiro atoms. The van der Waals surface area contributed by atoms with Crippen molar-refractivity contribution < 1.29 is 4.74 Å². The summed E-state index contributed by atoms with van der Waals surface area (Å²) >= 11 is 0. The Morgan fingerprint density at radius 3 is 2.64 bits per heavy atom. The molecule has 2 N–H and O–H groups in total. The molecule has 82 valence electrons. The van der Waals surface area contributed by atoms with Crippen molar-refractivity contribution in [3.63, 3.8) is 0 Å². The highest BCUT2D eigenvalue weighted by molar-refractivity contribution is 4.92. The van der Waals surface area contributed by atoms with Crippen molar-refractivity contribution in [2.45, 2.75) is 63.5 Å². The van der Waals surface area contributed by atoms with Crippen LogP contribution >= 0.6 is 0 Å². The summed E-state index contributed by atoms with van der Waals surface area (Å²) in [4.78, 5) is 0. The Bertz CT molecular complexity index is 181. The number of hydrogen-bond donors (Lipinski definition) is 1. The lowest BCUT2D eigenvalue weighted by Gasteiger charge is -2.32. The van der Waals surface area contributed by atoms with Crippen molar-refractivity contribution >= 4 is 0 Å². The molecule has 1 saturated carbocycles. The average Bonchev–Trinajstić information content (AvgIpc) is 2.76. The minimum Gasteiger partial charge on any atom is -0.374 e. The predicted molar refractivity (Wildman–Crippen MR) is 58.1 cm³/mol. The van der Waals surface area contributed by atoms with E-state index in [4.69, 9.17) is 10.5 Å². The zero-order valence-electron chi connectivity index (χ0n) is 9.30. The number of hydrogen-bond acceptors (Lipinski definition) is 2. The molecule has 2 aliphatic rings. The van der Waals surface area contributed by atoms with Crippen LogP contribution in [0.2, 0.25) is 0 Å². The second kappa shape index (κ2) is 4.19. The smallest absolute Gasteiger partial charge is 0.0805 e. The van der Waals surface area contributed by atoms with Crippen molar-refractivity contribution in [1.29, 1.82) is 0 Å². The summed E-state index contributed by atoms with van der Waals surface area (Å²) in [6.45, 7) is 3.11. The second-order valence-electron chi connectivity index (χ2n) is 5.26. The zero-order chi connectivity index (χ0) is 10.0. The summed E-state index contributed by atoms with van der Waals surface area (Å²) in [7, 11) is 0. The van der Waals surface area contributed by atoms with Gasteiger partial charge >= 0.3 is 0 Å². The zero-order valence-corrected chi connectivity index (χ0v) is 9.30. The largest absolute Gasteiger partial charge is 0.374 e. The standard InChI is InChI=1S/C12H23NO/c1-12(7-4-8-14-12)11(13)9-10-5-2-3-6-10/h10-11H,2-9,13H2,1H3. The highest BCUT2D eigenvalue weighted by Gasteiger charge is 2.37. The van der Waals surface area contributed by atoms with Crippen LogP contribution in [0.25, 0.3) is 0 Å². The van der Waals surface area contributed by atoms with Crippen LogP contribution < -0.4 is 5.73 Å². The van der Waals surface area contributed by atoms with Crippen molar-refractivity contribution in [3.05, 3.63) is 0 Å². The molecule has 0 aromatic rings. The molecule has 0 radical (unpaired) electrons. The van der Waals surface area contributed by atoms with Crippen molar-refractivity contribution in [1.82, 2.24) is 0 Å². The third-order valence-electron chi connectivity index (χ3n) is 4.10. The van der Waals surface area contributed by atoms with E-state index < -0.39 is 0 Å². The van der Waals surface area contributed by atoms with Gasteiger partial charge in [-0.05, 0) is 32.1 Å². The molecule has 2 nitrogen and oxygen atoms in total. The van der Waals surface area contributed by atoms with E-state index in [1.807, 2.05) is 0 Å². The Labute approximate surface area is 87.2 Å². The summed E-state index contributed by atoms with van der Waals surface area (Å²) < 4.78 is 5.79. The highest BCUT2D eigenvalue weighted by atomic mass is 16.5. The first-order valence-electron chi connectivity index (χ1n) is 6.10. The van der Waals surface area contributed by atoms with Crippen LogP contribution in [0.4, 0.5) is 0 Å². The molecule has 0 amide bonds. The molecule has 2 fully saturated rings. The summed E-state index contributed by atoms with van der Waals surface area (Å²) in [5, 5.41) is 0. The lowest BCUT2D eigenvalue weighted by Crippen LogP contribution is -2.46. The Balaban J connectivity index is 1.84. The van der Waals surface area contributed by atoms with Gasteiger partial charge in [0.05, 0.1) is 5.60 Å². The van der Waals surface area contributed by atoms with E-state index in [0.29, 0.717) is 0 Å². The van der Waals surface area contributed by atoms with E-state index in [9.17, 15) is 0 Å². The van der Waals surface area contributed by atoms with Gasteiger partial charge in [-0.3, -0.25) is 0 Å². The van der Waals surface area contributed by atoms with Gasteiger partial charge in [-0.25, -0.2) is 0 Å². The quantitative estimate of drug-likeness (QED) is 0.754. The van der Waals surface area contributed by atoms with Crippen molar-refractivity contribution in [2.24, 2.45) is 11.7 Å². The van der Waals surface area contributed by atoms with E-state index in [1.54, 1.807) is 0 Å². The molecule has 0 aromatic heterocycles. The third kappa shape index (κ3) is 2.12. The fourth-order valence-electron chi connectivity index (χ4n) is 2.95. The van der Waals surface area contributed by atoms with E-state index in [1.165, 1.54) is 38.5 Å². The molecule has 1 heterocycles. The van der Waals surface area contributed by atoms with E-state index in [-0.39, 0.29) is 11.6 Å².